The van der Waals surface area contributed by atoms with Crippen molar-refractivity contribution in [2.24, 2.45) is 0 Å². The van der Waals surface area contributed by atoms with Gasteiger partial charge in [0, 0.05) is 5.56 Å². The van der Waals surface area contributed by atoms with Gasteiger partial charge in [0.2, 0.25) is 11.6 Å². The summed E-state index contributed by atoms with van der Waals surface area (Å²) < 4.78 is 18.0. The first-order valence-electron chi connectivity index (χ1n) is 6.51. The van der Waals surface area contributed by atoms with E-state index in [1.165, 1.54) is 6.07 Å². The van der Waals surface area contributed by atoms with Crippen LogP contribution in [0.1, 0.15) is 0 Å². The third kappa shape index (κ3) is 2.78. The molecule has 3 aromatic rings. The van der Waals surface area contributed by atoms with E-state index in [2.05, 4.69) is 10.1 Å². The highest BCUT2D eigenvalue weighted by atomic mass is 35.5. The van der Waals surface area contributed by atoms with Gasteiger partial charge in [-0.3, -0.25) is 10.1 Å². The molecule has 1 aromatic heterocycles. The van der Waals surface area contributed by atoms with Gasteiger partial charge in [0.05, 0.1) is 10.5 Å². The van der Waals surface area contributed by atoms with Crippen LogP contribution in [0.5, 0.6) is 17.2 Å². The number of phenolic OH excluding ortho intramolecular Hbond substituents is 3. The molecule has 0 aliphatic rings. The Balaban J connectivity index is 2.11. The summed E-state index contributed by atoms with van der Waals surface area (Å²) in [5, 5.41) is 42.6. The molecule has 0 bridgehead atoms. The Bertz CT molecular complexity index is 1010. The van der Waals surface area contributed by atoms with Crippen molar-refractivity contribution in [3.05, 3.63) is 45.2 Å². The number of phenols is 3. The largest absolute Gasteiger partial charge is 0.505 e. The van der Waals surface area contributed by atoms with Gasteiger partial charge in [-0.25, -0.2) is 4.39 Å². The SMILES string of the molecule is O=[N+]([O-])c1c(O)c(O)cc(-c2nc(-c3ccc(F)c(O)c3)no2)c1Cl. The minimum absolute atomic E-state index is 0.0587. The zero-order chi connectivity index (χ0) is 18.3. The van der Waals surface area contributed by atoms with E-state index < -0.39 is 38.7 Å². The third-order valence-corrected chi connectivity index (χ3v) is 3.62. The average Bonchev–Trinajstić information content (AvgIpc) is 3.03. The number of aromatic hydroxyl groups is 3. The number of benzene rings is 2. The van der Waals surface area contributed by atoms with E-state index in [4.69, 9.17) is 16.1 Å². The maximum absolute atomic E-state index is 13.1. The average molecular weight is 368 g/mol. The minimum atomic E-state index is -0.998. The van der Waals surface area contributed by atoms with Crippen molar-refractivity contribution < 1.29 is 29.2 Å². The molecule has 9 nitrogen and oxygen atoms in total. The smallest absolute Gasteiger partial charge is 0.333 e. The van der Waals surface area contributed by atoms with Crippen molar-refractivity contribution in [1.29, 1.82) is 0 Å². The number of nitrogens with zero attached hydrogens (tertiary/aromatic N) is 3. The second-order valence-corrected chi connectivity index (χ2v) is 5.18. The highest BCUT2D eigenvalue weighted by Gasteiger charge is 2.28. The number of nitro groups is 1. The molecular formula is C14H7ClFN3O6. The number of hydrogen-bond donors (Lipinski definition) is 3. The molecule has 0 unspecified atom stereocenters. The van der Waals surface area contributed by atoms with E-state index in [1.54, 1.807) is 0 Å². The van der Waals surface area contributed by atoms with E-state index in [1.807, 2.05) is 0 Å². The quantitative estimate of drug-likeness (QED) is 0.363. The molecule has 0 fully saturated rings. The number of halogens is 2. The lowest BCUT2D eigenvalue weighted by Crippen LogP contribution is -1.93. The number of aromatic nitrogens is 2. The molecule has 128 valence electrons. The van der Waals surface area contributed by atoms with Gasteiger partial charge < -0.3 is 19.8 Å². The molecule has 1 heterocycles. The van der Waals surface area contributed by atoms with E-state index in [0.29, 0.717) is 0 Å². The van der Waals surface area contributed by atoms with Crippen molar-refractivity contribution in [3.63, 3.8) is 0 Å². The van der Waals surface area contributed by atoms with Crippen LogP contribution in [0, 0.1) is 15.9 Å². The molecule has 0 atom stereocenters. The first-order chi connectivity index (χ1) is 11.8. The van der Waals surface area contributed by atoms with Crippen LogP contribution in [-0.2, 0) is 0 Å². The van der Waals surface area contributed by atoms with Crippen molar-refractivity contribution in [3.8, 4) is 40.1 Å². The molecule has 25 heavy (non-hydrogen) atoms. The van der Waals surface area contributed by atoms with Gasteiger partial charge in [-0.05, 0) is 24.3 Å². The van der Waals surface area contributed by atoms with Gasteiger partial charge in [0.1, 0.15) is 5.02 Å². The van der Waals surface area contributed by atoms with Crippen LogP contribution in [0.15, 0.2) is 28.8 Å². The van der Waals surface area contributed by atoms with Crippen LogP contribution in [0.25, 0.3) is 22.8 Å². The first kappa shape index (κ1) is 16.5. The molecule has 0 saturated heterocycles. The summed E-state index contributed by atoms with van der Waals surface area (Å²) in [5.74, 6) is -3.61. The Labute approximate surface area is 142 Å². The molecule has 11 heteroatoms. The van der Waals surface area contributed by atoms with Gasteiger partial charge in [-0.1, -0.05) is 16.8 Å². The Hall–Kier alpha value is -3.40. The maximum Gasteiger partial charge on any atom is 0.333 e. The van der Waals surface area contributed by atoms with Crippen LogP contribution < -0.4 is 0 Å². The fourth-order valence-electron chi connectivity index (χ4n) is 2.05. The second kappa shape index (κ2) is 5.91. The standard InChI is InChI=1S/C14H7ClFN3O6/c15-10-6(4-9(21)12(22)11(10)19(23)24)14-17-13(18-25-14)5-1-2-7(16)8(20)3-5/h1-4,20-22H. The Morgan fingerprint density at radius 1 is 1.20 bits per heavy atom. The molecule has 0 saturated carbocycles. The molecular weight excluding hydrogens is 361 g/mol. The van der Waals surface area contributed by atoms with Gasteiger partial charge in [-0.2, -0.15) is 4.98 Å². The predicted octanol–water partition coefficient (Wildman–Crippen LogP) is 3.22. The second-order valence-electron chi connectivity index (χ2n) is 4.80. The summed E-state index contributed by atoms with van der Waals surface area (Å²) in [5.41, 5.74) is -0.896. The van der Waals surface area contributed by atoms with Crippen molar-refractivity contribution in [1.82, 2.24) is 10.1 Å². The molecule has 0 aliphatic heterocycles. The van der Waals surface area contributed by atoms with Gasteiger partial charge in [0.25, 0.3) is 5.89 Å². The van der Waals surface area contributed by atoms with Crippen LogP contribution in [-0.4, -0.2) is 30.4 Å². The minimum Gasteiger partial charge on any atom is -0.505 e. The van der Waals surface area contributed by atoms with Crippen LogP contribution in [0.3, 0.4) is 0 Å². The maximum atomic E-state index is 13.1. The summed E-state index contributed by atoms with van der Waals surface area (Å²) >= 11 is 5.89. The zero-order valence-corrected chi connectivity index (χ0v) is 12.7. The zero-order valence-electron chi connectivity index (χ0n) is 12.0. The van der Waals surface area contributed by atoms with Gasteiger partial charge in [-0.15, -0.1) is 0 Å². The molecule has 2 aromatic carbocycles. The summed E-state index contributed by atoms with van der Waals surface area (Å²) in [6.45, 7) is 0. The van der Waals surface area contributed by atoms with E-state index in [9.17, 15) is 29.8 Å². The lowest BCUT2D eigenvalue weighted by atomic mass is 10.1. The summed E-state index contributed by atoms with van der Waals surface area (Å²) in [7, 11) is 0. The Morgan fingerprint density at radius 3 is 2.56 bits per heavy atom. The molecule has 3 rings (SSSR count). The lowest BCUT2D eigenvalue weighted by Gasteiger charge is -2.04. The topological polar surface area (TPSA) is 143 Å². The normalized spacial score (nSPS) is 10.8. The van der Waals surface area contributed by atoms with E-state index in [-0.39, 0.29) is 22.8 Å². The van der Waals surface area contributed by atoms with E-state index in [0.717, 1.165) is 18.2 Å². The molecule has 0 radical (unpaired) electrons. The fraction of sp³-hybridized carbons (Fsp3) is 0. The van der Waals surface area contributed by atoms with Crippen LogP contribution in [0.4, 0.5) is 10.1 Å². The molecule has 0 spiro atoms. The molecule has 3 N–H and O–H groups in total. The summed E-state index contributed by atoms with van der Waals surface area (Å²) in [6.07, 6.45) is 0. The number of nitro benzene ring substituents is 1. The number of rotatable bonds is 3. The van der Waals surface area contributed by atoms with Crippen molar-refractivity contribution in [2.45, 2.75) is 0 Å². The molecule has 0 aliphatic carbocycles. The predicted molar refractivity (Wildman–Crippen MR) is 81.8 cm³/mol. The Morgan fingerprint density at radius 2 is 1.92 bits per heavy atom. The monoisotopic (exact) mass is 367 g/mol. The molecule has 0 amide bonds. The van der Waals surface area contributed by atoms with Crippen molar-refractivity contribution in [2.75, 3.05) is 0 Å². The summed E-state index contributed by atoms with van der Waals surface area (Å²) in [6, 6.07) is 4.25. The highest BCUT2D eigenvalue weighted by Crippen LogP contribution is 2.46. The van der Waals surface area contributed by atoms with Crippen molar-refractivity contribution >= 4 is 17.3 Å². The van der Waals surface area contributed by atoms with Gasteiger partial charge >= 0.3 is 5.69 Å². The Kier molecular flexibility index (Phi) is 3.89. The van der Waals surface area contributed by atoms with Crippen LogP contribution >= 0.6 is 11.6 Å². The number of hydrogen-bond acceptors (Lipinski definition) is 8. The highest BCUT2D eigenvalue weighted by molar-refractivity contribution is 6.35. The third-order valence-electron chi connectivity index (χ3n) is 3.24. The van der Waals surface area contributed by atoms with Gasteiger partial charge in [0.15, 0.2) is 17.3 Å². The lowest BCUT2D eigenvalue weighted by molar-refractivity contribution is -0.385. The fourth-order valence-corrected chi connectivity index (χ4v) is 2.34. The van der Waals surface area contributed by atoms with E-state index >= 15 is 0 Å². The van der Waals surface area contributed by atoms with Crippen LogP contribution in [0.2, 0.25) is 5.02 Å². The summed E-state index contributed by atoms with van der Waals surface area (Å²) in [4.78, 5) is 14.0. The first-order valence-corrected chi connectivity index (χ1v) is 6.89.